The number of carbonyl (C=O) groups excluding carboxylic acids is 1. The highest BCUT2D eigenvalue weighted by atomic mass is 19.3. The quantitative estimate of drug-likeness (QED) is 0.690. The van der Waals surface area contributed by atoms with Crippen molar-refractivity contribution in [1.82, 2.24) is 24.6 Å². The van der Waals surface area contributed by atoms with Gasteiger partial charge in [0.25, 0.3) is 12.3 Å². The lowest BCUT2D eigenvalue weighted by molar-refractivity contribution is 0.0731. The van der Waals surface area contributed by atoms with Gasteiger partial charge in [-0.25, -0.2) is 13.8 Å². The van der Waals surface area contributed by atoms with Gasteiger partial charge in [-0.05, 0) is 24.6 Å². The Morgan fingerprint density at radius 3 is 2.79 bits per heavy atom. The number of aromatic nitrogens is 4. The van der Waals surface area contributed by atoms with E-state index < -0.39 is 18.0 Å². The van der Waals surface area contributed by atoms with Gasteiger partial charge in [0, 0.05) is 45.3 Å². The van der Waals surface area contributed by atoms with E-state index in [0.717, 1.165) is 18.7 Å². The third kappa shape index (κ3) is 3.17. The summed E-state index contributed by atoms with van der Waals surface area (Å²) in [6.45, 7) is 1.42. The molecule has 0 radical (unpaired) electrons. The zero-order valence-electron chi connectivity index (χ0n) is 15.6. The molecule has 9 heteroatoms. The zero-order chi connectivity index (χ0) is 19.8. The molecule has 1 aliphatic rings. The molecule has 1 aliphatic heterocycles. The summed E-state index contributed by atoms with van der Waals surface area (Å²) in [4.78, 5) is 24.8. The molecule has 0 saturated carbocycles. The summed E-state index contributed by atoms with van der Waals surface area (Å²) in [6.07, 6.45) is 2.79. The second kappa shape index (κ2) is 7.14. The van der Waals surface area contributed by atoms with Gasteiger partial charge in [0.2, 0.25) is 0 Å². The summed E-state index contributed by atoms with van der Waals surface area (Å²) >= 11 is 0. The Morgan fingerprint density at radius 2 is 2.07 bits per heavy atom. The number of alkyl halides is 2. The predicted molar refractivity (Wildman–Crippen MR) is 100 cm³/mol. The summed E-state index contributed by atoms with van der Waals surface area (Å²) in [5.41, 5.74) is 1.36. The number of hydrogen-bond acceptors (Lipinski definition) is 5. The van der Waals surface area contributed by atoms with E-state index >= 15 is 0 Å². The van der Waals surface area contributed by atoms with Crippen molar-refractivity contribution in [1.29, 1.82) is 0 Å². The molecule has 1 fully saturated rings. The van der Waals surface area contributed by atoms with E-state index in [1.807, 2.05) is 12.1 Å². The van der Waals surface area contributed by atoms with E-state index in [1.165, 1.54) is 16.9 Å². The molecule has 1 atom stereocenters. The molecular weight excluding hydrogens is 366 g/mol. The molecule has 146 valence electrons. The Hall–Kier alpha value is -3.10. The van der Waals surface area contributed by atoms with Crippen LogP contribution in [0.4, 0.5) is 14.5 Å². The lowest BCUT2D eigenvalue weighted by Gasteiger charge is -2.26. The Morgan fingerprint density at radius 1 is 1.32 bits per heavy atom. The molecule has 4 rings (SSSR count). The average molecular weight is 386 g/mol. The molecule has 1 saturated heterocycles. The third-order valence-corrected chi connectivity index (χ3v) is 5.26. The van der Waals surface area contributed by atoms with Crippen molar-refractivity contribution in [2.24, 2.45) is 7.05 Å². The number of nitrogens with zero attached hydrogens (tertiary/aromatic N) is 6. The van der Waals surface area contributed by atoms with Gasteiger partial charge in [-0.1, -0.05) is 0 Å². The number of aryl methyl sites for hydroxylation is 1. The minimum absolute atomic E-state index is 0.0732. The van der Waals surface area contributed by atoms with Crippen LogP contribution in [-0.2, 0) is 7.05 Å². The molecule has 1 unspecified atom stereocenters. The van der Waals surface area contributed by atoms with Gasteiger partial charge in [-0.15, -0.1) is 0 Å². The maximum Gasteiger partial charge on any atom is 0.281 e. The van der Waals surface area contributed by atoms with Crippen LogP contribution in [0.1, 0.15) is 28.9 Å². The second-order valence-electron chi connectivity index (χ2n) is 6.90. The summed E-state index contributed by atoms with van der Waals surface area (Å²) in [6, 6.07) is 5.22. The smallest absolute Gasteiger partial charge is 0.281 e. The van der Waals surface area contributed by atoms with Crippen molar-refractivity contribution in [2.75, 3.05) is 25.0 Å². The number of anilines is 1. The van der Waals surface area contributed by atoms with Crippen molar-refractivity contribution in [3.63, 3.8) is 0 Å². The number of halogens is 2. The van der Waals surface area contributed by atoms with Crippen molar-refractivity contribution < 1.29 is 13.6 Å². The van der Waals surface area contributed by atoms with E-state index in [9.17, 15) is 13.6 Å². The first-order valence-electron chi connectivity index (χ1n) is 8.98. The fraction of sp³-hybridized carbons (Fsp3) is 0.368. The number of fused-ring (bicyclic) bond motifs is 1. The highest BCUT2D eigenvalue weighted by Gasteiger charge is 2.32. The minimum Gasteiger partial charge on any atom is -0.369 e. The van der Waals surface area contributed by atoms with Gasteiger partial charge < -0.3 is 9.80 Å². The molecule has 0 aromatic carbocycles. The maximum absolute atomic E-state index is 13.6. The van der Waals surface area contributed by atoms with Crippen molar-refractivity contribution >= 4 is 22.6 Å². The highest BCUT2D eigenvalue weighted by Crippen LogP contribution is 2.28. The van der Waals surface area contributed by atoms with E-state index in [-0.39, 0.29) is 11.6 Å². The Balaban J connectivity index is 1.60. The van der Waals surface area contributed by atoms with Crippen LogP contribution in [0.15, 0.2) is 36.8 Å². The number of carbonyl (C=O) groups is 1. The van der Waals surface area contributed by atoms with Crippen LogP contribution in [-0.4, -0.2) is 56.7 Å². The average Bonchev–Trinajstić information content (AvgIpc) is 3.34. The monoisotopic (exact) mass is 386 g/mol. The largest absolute Gasteiger partial charge is 0.369 e. The molecule has 7 nitrogen and oxygen atoms in total. The van der Waals surface area contributed by atoms with Crippen LogP contribution >= 0.6 is 0 Å². The lowest BCUT2D eigenvalue weighted by Crippen LogP contribution is -2.39. The van der Waals surface area contributed by atoms with Gasteiger partial charge in [0.1, 0.15) is 11.2 Å². The van der Waals surface area contributed by atoms with Crippen molar-refractivity contribution in [3.05, 3.63) is 48.0 Å². The van der Waals surface area contributed by atoms with Gasteiger partial charge in [-0.3, -0.25) is 14.5 Å². The molecule has 3 aromatic rings. The van der Waals surface area contributed by atoms with E-state index in [4.69, 9.17) is 0 Å². The van der Waals surface area contributed by atoms with Gasteiger partial charge >= 0.3 is 0 Å². The fourth-order valence-electron chi connectivity index (χ4n) is 3.63. The standard InChI is InChI=1S/C19H20F2N6O/c1-25(13-5-8-27(11-13)12-3-6-22-7-4-12)19(28)14-9-16-15(10-23-26(16)2)24-17(14)18(20)21/h3-4,6-7,9-10,13,18H,5,8,11H2,1-2H3. The second-order valence-corrected chi connectivity index (χ2v) is 6.90. The number of rotatable bonds is 4. The number of pyridine rings is 2. The molecule has 0 aliphatic carbocycles. The normalized spacial score (nSPS) is 16.9. The van der Waals surface area contributed by atoms with Crippen molar-refractivity contribution in [3.8, 4) is 0 Å². The van der Waals surface area contributed by atoms with Gasteiger partial charge in [-0.2, -0.15) is 5.10 Å². The topological polar surface area (TPSA) is 67.2 Å². The number of amides is 1. The predicted octanol–water partition coefficient (Wildman–Crippen LogP) is 2.65. The zero-order valence-corrected chi connectivity index (χ0v) is 15.6. The van der Waals surface area contributed by atoms with E-state index in [2.05, 4.69) is 20.0 Å². The van der Waals surface area contributed by atoms with Crippen LogP contribution in [0.25, 0.3) is 11.0 Å². The highest BCUT2D eigenvalue weighted by molar-refractivity contribution is 5.98. The van der Waals surface area contributed by atoms with Crippen LogP contribution in [0.2, 0.25) is 0 Å². The summed E-state index contributed by atoms with van der Waals surface area (Å²) in [7, 11) is 3.35. The van der Waals surface area contributed by atoms with Crippen LogP contribution in [0.5, 0.6) is 0 Å². The van der Waals surface area contributed by atoms with Crippen molar-refractivity contribution in [2.45, 2.75) is 18.9 Å². The summed E-state index contributed by atoms with van der Waals surface area (Å²) in [5.74, 6) is -0.451. The molecule has 0 bridgehead atoms. The molecule has 28 heavy (non-hydrogen) atoms. The third-order valence-electron chi connectivity index (χ3n) is 5.26. The molecule has 0 N–H and O–H groups in total. The molecular formula is C19H20F2N6O. The Labute approximate surface area is 160 Å². The SMILES string of the molecule is CN(C(=O)c1cc2c(cnn2C)nc1C(F)F)C1CCN(c2ccncc2)C1. The molecule has 4 heterocycles. The fourth-order valence-corrected chi connectivity index (χ4v) is 3.63. The maximum atomic E-state index is 13.6. The van der Waals surface area contributed by atoms with E-state index in [0.29, 0.717) is 17.6 Å². The van der Waals surface area contributed by atoms with Gasteiger partial charge in [0.15, 0.2) is 0 Å². The molecule has 1 amide bonds. The molecule has 3 aromatic heterocycles. The summed E-state index contributed by atoms with van der Waals surface area (Å²) < 4.78 is 28.7. The minimum atomic E-state index is -2.84. The first-order valence-corrected chi connectivity index (χ1v) is 8.98. The lowest BCUT2D eigenvalue weighted by atomic mass is 10.1. The van der Waals surface area contributed by atoms with Gasteiger partial charge in [0.05, 0.1) is 23.3 Å². The Bertz CT molecular complexity index is 1010. The first-order chi connectivity index (χ1) is 13.5. The summed E-state index contributed by atoms with van der Waals surface area (Å²) in [5, 5.41) is 4.04. The van der Waals surface area contributed by atoms with Crippen LogP contribution in [0, 0.1) is 0 Å². The van der Waals surface area contributed by atoms with Crippen LogP contribution < -0.4 is 4.90 Å². The Kier molecular flexibility index (Phi) is 4.66. The number of hydrogen-bond donors (Lipinski definition) is 0. The molecule has 0 spiro atoms. The van der Waals surface area contributed by atoms with E-state index in [1.54, 1.807) is 31.4 Å². The number of likely N-dealkylation sites (N-methyl/N-ethyl adjacent to an activating group) is 1. The van der Waals surface area contributed by atoms with Crippen LogP contribution in [0.3, 0.4) is 0 Å². The first kappa shape index (κ1) is 18.3.